The zero-order valence-electron chi connectivity index (χ0n) is 18.6. The summed E-state index contributed by atoms with van der Waals surface area (Å²) in [6, 6.07) is 10.1. The van der Waals surface area contributed by atoms with Gasteiger partial charge in [-0.1, -0.05) is 12.1 Å². The molecule has 0 radical (unpaired) electrons. The van der Waals surface area contributed by atoms with Gasteiger partial charge in [0.2, 0.25) is 0 Å². The molecule has 0 spiro atoms. The maximum atomic E-state index is 5.74. The second-order valence-corrected chi connectivity index (χ2v) is 6.95. The Kier molecular flexibility index (Phi) is 13.2. The van der Waals surface area contributed by atoms with Crippen molar-refractivity contribution in [3.63, 3.8) is 0 Å². The number of benzene rings is 1. The molecule has 0 aliphatic rings. The van der Waals surface area contributed by atoms with Crippen LogP contribution in [0.15, 0.2) is 35.3 Å². The van der Waals surface area contributed by atoms with Crippen LogP contribution < -0.4 is 15.4 Å². The third-order valence-electron chi connectivity index (χ3n) is 4.43. The molecule has 0 bridgehead atoms. The quantitative estimate of drug-likeness (QED) is 0.190. The first kappa shape index (κ1) is 26.2. The minimum Gasteiger partial charge on any atom is -0.497 e. The summed E-state index contributed by atoms with van der Waals surface area (Å²) in [6.07, 6.45) is 1.88. The SMILES string of the molecule is CCNC(=NCCCn1nc(C)cc1C)NCCCOCc1ccc(OC)cc1.I. The Morgan fingerprint density at radius 3 is 2.53 bits per heavy atom. The lowest BCUT2D eigenvalue weighted by atomic mass is 10.2. The van der Waals surface area contributed by atoms with Gasteiger partial charge >= 0.3 is 0 Å². The van der Waals surface area contributed by atoms with Crippen molar-refractivity contribution in [2.75, 3.05) is 33.4 Å². The Labute approximate surface area is 197 Å². The van der Waals surface area contributed by atoms with Crippen LogP contribution in [0.1, 0.15) is 36.7 Å². The van der Waals surface area contributed by atoms with Gasteiger partial charge in [0.05, 0.1) is 19.4 Å². The lowest BCUT2D eigenvalue weighted by molar-refractivity contribution is 0.119. The van der Waals surface area contributed by atoms with Crippen molar-refractivity contribution in [1.82, 2.24) is 20.4 Å². The number of hydrogen-bond acceptors (Lipinski definition) is 4. The fourth-order valence-electron chi connectivity index (χ4n) is 2.95. The molecule has 30 heavy (non-hydrogen) atoms. The molecule has 168 valence electrons. The van der Waals surface area contributed by atoms with Gasteiger partial charge in [-0.15, -0.1) is 24.0 Å². The first-order valence-electron chi connectivity index (χ1n) is 10.4. The van der Waals surface area contributed by atoms with E-state index in [1.165, 1.54) is 5.69 Å². The number of ether oxygens (including phenoxy) is 2. The van der Waals surface area contributed by atoms with Crippen molar-refractivity contribution in [1.29, 1.82) is 0 Å². The van der Waals surface area contributed by atoms with E-state index in [2.05, 4.69) is 40.6 Å². The van der Waals surface area contributed by atoms with Crippen molar-refractivity contribution >= 4 is 29.9 Å². The third kappa shape index (κ3) is 9.80. The van der Waals surface area contributed by atoms with Crippen LogP contribution in [0, 0.1) is 13.8 Å². The molecule has 0 saturated heterocycles. The third-order valence-corrected chi connectivity index (χ3v) is 4.43. The molecule has 7 nitrogen and oxygen atoms in total. The van der Waals surface area contributed by atoms with Gasteiger partial charge in [0, 0.05) is 38.5 Å². The Balaban J connectivity index is 0.00000450. The summed E-state index contributed by atoms with van der Waals surface area (Å²) < 4.78 is 13.0. The zero-order chi connectivity index (χ0) is 20.9. The van der Waals surface area contributed by atoms with Gasteiger partial charge in [-0.2, -0.15) is 5.10 Å². The highest BCUT2D eigenvalue weighted by Gasteiger charge is 2.01. The number of rotatable bonds is 12. The number of nitrogens with one attached hydrogen (secondary N) is 2. The molecule has 0 unspecified atom stereocenters. The molecule has 0 aliphatic carbocycles. The molecule has 0 saturated carbocycles. The van der Waals surface area contributed by atoms with Crippen LogP contribution in [0.3, 0.4) is 0 Å². The standard InChI is InChI=1S/C22H35N5O2.HI/c1-5-23-22(24-12-6-14-27-19(3)16-18(2)26-27)25-13-7-15-29-17-20-8-10-21(28-4)11-9-20;/h8-11,16H,5-7,12-15,17H2,1-4H3,(H2,23,24,25);1H. The molecule has 8 heteroatoms. The van der Waals surface area contributed by atoms with Crippen LogP contribution in [0.2, 0.25) is 0 Å². The molecular weight excluding hydrogens is 493 g/mol. The number of hydrogen-bond donors (Lipinski definition) is 2. The van der Waals surface area contributed by atoms with E-state index in [9.17, 15) is 0 Å². The topological polar surface area (TPSA) is 72.7 Å². The molecule has 0 aliphatic heterocycles. The number of guanidine groups is 1. The lowest BCUT2D eigenvalue weighted by Crippen LogP contribution is -2.38. The van der Waals surface area contributed by atoms with Gasteiger partial charge in [-0.25, -0.2) is 0 Å². The van der Waals surface area contributed by atoms with E-state index >= 15 is 0 Å². The predicted molar refractivity (Wildman–Crippen MR) is 133 cm³/mol. The van der Waals surface area contributed by atoms with Crippen LogP contribution in [0.25, 0.3) is 0 Å². The van der Waals surface area contributed by atoms with E-state index in [1.54, 1.807) is 7.11 Å². The van der Waals surface area contributed by atoms with Crippen LogP contribution >= 0.6 is 24.0 Å². The minimum atomic E-state index is 0. The summed E-state index contributed by atoms with van der Waals surface area (Å²) in [5, 5.41) is 11.1. The maximum absolute atomic E-state index is 5.74. The van der Waals surface area contributed by atoms with Crippen molar-refractivity contribution in [3.8, 4) is 5.75 Å². The van der Waals surface area contributed by atoms with E-state index in [-0.39, 0.29) is 24.0 Å². The van der Waals surface area contributed by atoms with Crippen molar-refractivity contribution in [2.24, 2.45) is 4.99 Å². The highest BCUT2D eigenvalue weighted by atomic mass is 127. The maximum Gasteiger partial charge on any atom is 0.191 e. The zero-order valence-corrected chi connectivity index (χ0v) is 20.9. The summed E-state index contributed by atoms with van der Waals surface area (Å²) in [5.74, 6) is 1.72. The number of halogens is 1. The van der Waals surface area contributed by atoms with E-state index in [1.807, 2.05) is 35.9 Å². The number of aliphatic imine (C=N–C) groups is 1. The van der Waals surface area contributed by atoms with Crippen LogP contribution in [-0.2, 0) is 17.9 Å². The van der Waals surface area contributed by atoms with Gasteiger partial charge in [0.25, 0.3) is 0 Å². The Morgan fingerprint density at radius 2 is 1.90 bits per heavy atom. The van der Waals surface area contributed by atoms with E-state index in [0.29, 0.717) is 13.2 Å². The highest BCUT2D eigenvalue weighted by Crippen LogP contribution is 2.11. The normalized spacial score (nSPS) is 11.1. The van der Waals surface area contributed by atoms with Crippen molar-refractivity contribution in [2.45, 2.75) is 46.8 Å². The van der Waals surface area contributed by atoms with E-state index in [0.717, 1.165) is 62.0 Å². The Hall–Kier alpha value is -1.81. The Morgan fingerprint density at radius 1 is 1.13 bits per heavy atom. The second kappa shape index (κ2) is 15.1. The van der Waals surface area contributed by atoms with Gasteiger partial charge in [-0.3, -0.25) is 9.67 Å². The summed E-state index contributed by atoms with van der Waals surface area (Å²) in [5.41, 5.74) is 3.41. The molecule has 0 fully saturated rings. The number of aryl methyl sites for hydroxylation is 3. The summed E-state index contributed by atoms with van der Waals surface area (Å²) in [6.45, 7) is 10.8. The molecule has 2 N–H and O–H groups in total. The predicted octanol–water partition coefficient (Wildman–Crippen LogP) is 3.68. The summed E-state index contributed by atoms with van der Waals surface area (Å²) in [7, 11) is 1.67. The number of methoxy groups -OCH3 is 1. The van der Waals surface area contributed by atoms with Crippen LogP contribution in [-0.4, -0.2) is 49.1 Å². The molecule has 1 aromatic carbocycles. The Bertz CT molecular complexity index is 746. The molecule has 0 atom stereocenters. The summed E-state index contributed by atoms with van der Waals surface area (Å²) in [4.78, 5) is 4.65. The first-order chi connectivity index (χ1) is 14.1. The largest absolute Gasteiger partial charge is 0.497 e. The molecule has 1 heterocycles. The second-order valence-electron chi connectivity index (χ2n) is 6.95. The number of nitrogens with zero attached hydrogens (tertiary/aromatic N) is 3. The molecule has 0 amide bonds. The molecule has 2 aromatic rings. The van der Waals surface area contributed by atoms with Crippen LogP contribution in [0.4, 0.5) is 0 Å². The lowest BCUT2D eigenvalue weighted by Gasteiger charge is -2.11. The van der Waals surface area contributed by atoms with E-state index in [4.69, 9.17) is 9.47 Å². The first-order valence-corrected chi connectivity index (χ1v) is 10.4. The van der Waals surface area contributed by atoms with Crippen molar-refractivity contribution < 1.29 is 9.47 Å². The fourth-order valence-corrected chi connectivity index (χ4v) is 2.95. The van der Waals surface area contributed by atoms with Gasteiger partial charge in [0.15, 0.2) is 5.96 Å². The van der Waals surface area contributed by atoms with Gasteiger partial charge in [0.1, 0.15) is 5.75 Å². The smallest absolute Gasteiger partial charge is 0.191 e. The number of aromatic nitrogens is 2. The molecule has 2 rings (SSSR count). The fraction of sp³-hybridized carbons (Fsp3) is 0.545. The van der Waals surface area contributed by atoms with Gasteiger partial charge < -0.3 is 20.1 Å². The average Bonchev–Trinajstić information content (AvgIpc) is 3.05. The van der Waals surface area contributed by atoms with Crippen LogP contribution in [0.5, 0.6) is 5.75 Å². The monoisotopic (exact) mass is 529 g/mol. The highest BCUT2D eigenvalue weighted by molar-refractivity contribution is 14.0. The average molecular weight is 529 g/mol. The minimum absolute atomic E-state index is 0. The summed E-state index contributed by atoms with van der Waals surface area (Å²) >= 11 is 0. The molecule has 1 aromatic heterocycles. The van der Waals surface area contributed by atoms with Gasteiger partial charge in [-0.05, 0) is 57.4 Å². The van der Waals surface area contributed by atoms with E-state index < -0.39 is 0 Å². The molecular formula is C22H36IN5O2. The van der Waals surface area contributed by atoms with Crippen molar-refractivity contribution in [3.05, 3.63) is 47.3 Å².